The average Bonchev–Trinajstić information content (AvgIpc) is 3.96. The summed E-state index contributed by atoms with van der Waals surface area (Å²) in [5, 5.41) is 15.4. The number of aryl methyl sites for hydroxylation is 4. The number of nitrogens with zero attached hydrogens (tertiary/aromatic N) is 2. The molecule has 2 nitrogen and oxygen atoms in total. The van der Waals surface area contributed by atoms with Crippen molar-refractivity contribution in [3.63, 3.8) is 0 Å². The van der Waals surface area contributed by atoms with Gasteiger partial charge in [0.2, 0.25) is 0 Å². The van der Waals surface area contributed by atoms with E-state index in [9.17, 15) is 0 Å². The van der Waals surface area contributed by atoms with Gasteiger partial charge >= 0.3 is 0 Å². The number of hydrogen-bond donors (Lipinski definition) is 0. The maximum atomic E-state index is 2.47. The molecule has 0 aliphatic heterocycles. The van der Waals surface area contributed by atoms with E-state index in [2.05, 4.69) is 256 Å². The van der Waals surface area contributed by atoms with Gasteiger partial charge in [-0.3, -0.25) is 0 Å². The Hall–Kier alpha value is -8.46. The lowest BCUT2D eigenvalue weighted by Gasteiger charge is -2.27. The molecule has 72 heavy (non-hydrogen) atoms. The second kappa shape index (κ2) is 17.7. The minimum atomic E-state index is 1.00. The van der Waals surface area contributed by atoms with Gasteiger partial charge < -0.3 is 9.80 Å². The minimum absolute atomic E-state index is 1.00. The maximum Gasteiger partial charge on any atom is 0.0540 e. The molecular weight excluding hydrogens is 869 g/mol. The SMILES string of the molecule is CCc1ccc(N(c2ccc(CC)cc2)c2ccc3c4c(-c5ccccc5)c5c6ccc(N(c7ccc(CC)cc7)c7ccc(CC)cc7)c7cccc(c5c(-c5ccccc5)c4c4cccc2c43)c76)cc1. The van der Waals surface area contributed by atoms with Crippen LogP contribution in [0.3, 0.4) is 0 Å². The zero-order valence-corrected chi connectivity index (χ0v) is 41.5. The monoisotopic (exact) mass is 924 g/mol. The van der Waals surface area contributed by atoms with E-state index >= 15 is 0 Å². The third-order valence-corrected chi connectivity index (χ3v) is 15.6. The zero-order chi connectivity index (χ0) is 48.5. The quantitative estimate of drug-likeness (QED) is 0.120. The number of hydrogen-bond acceptors (Lipinski definition) is 2. The summed E-state index contributed by atoms with van der Waals surface area (Å²) >= 11 is 0. The molecule has 0 radical (unpaired) electrons. The lowest BCUT2D eigenvalue weighted by atomic mass is 9.87. The van der Waals surface area contributed by atoms with Crippen molar-refractivity contribution in [2.75, 3.05) is 9.80 Å². The molecule has 13 aromatic carbocycles. The molecule has 0 spiro atoms. The molecule has 0 saturated carbocycles. The van der Waals surface area contributed by atoms with E-state index in [1.165, 1.54) is 121 Å². The zero-order valence-electron chi connectivity index (χ0n) is 41.5. The molecule has 0 fully saturated rings. The summed E-state index contributed by atoms with van der Waals surface area (Å²) in [6.45, 7) is 8.91. The van der Waals surface area contributed by atoms with Crippen molar-refractivity contribution < 1.29 is 0 Å². The van der Waals surface area contributed by atoms with Crippen LogP contribution in [-0.4, -0.2) is 0 Å². The molecule has 0 aliphatic rings. The van der Waals surface area contributed by atoms with E-state index in [4.69, 9.17) is 0 Å². The van der Waals surface area contributed by atoms with Crippen molar-refractivity contribution in [2.45, 2.75) is 53.4 Å². The summed E-state index contributed by atoms with van der Waals surface area (Å²) < 4.78 is 0. The minimum Gasteiger partial charge on any atom is -0.310 e. The summed E-state index contributed by atoms with van der Waals surface area (Å²) in [5.41, 5.74) is 17.3. The van der Waals surface area contributed by atoms with Crippen molar-refractivity contribution >= 4 is 98.8 Å². The Balaban J connectivity index is 1.16. The Bertz CT molecular complexity index is 3660. The number of benzene rings is 11. The normalized spacial score (nSPS) is 11.8. The second-order valence-corrected chi connectivity index (χ2v) is 19.5. The molecule has 0 N–H and O–H groups in total. The summed E-state index contributed by atoms with van der Waals surface area (Å²) in [7, 11) is 0. The van der Waals surface area contributed by atoms with Crippen LogP contribution in [0.5, 0.6) is 0 Å². The van der Waals surface area contributed by atoms with Crippen LogP contribution in [0.1, 0.15) is 49.9 Å². The first-order chi connectivity index (χ1) is 35.6. The van der Waals surface area contributed by atoms with Gasteiger partial charge in [0, 0.05) is 33.5 Å². The smallest absolute Gasteiger partial charge is 0.0540 e. The Kier molecular flexibility index (Phi) is 10.7. The van der Waals surface area contributed by atoms with Crippen molar-refractivity contribution in [1.82, 2.24) is 0 Å². The molecule has 0 unspecified atom stereocenters. The molecule has 13 rings (SSSR count). The van der Waals surface area contributed by atoms with Crippen LogP contribution in [0.15, 0.2) is 218 Å². The first-order valence-electron chi connectivity index (χ1n) is 26.0. The number of anilines is 6. The standard InChI is InChI=1S/C70H56N2/c1-5-45-25-33-51(34-26-45)71(52-35-27-46(6-2)28-36-52)61-43-41-59-65-55(61)21-15-23-57(65)67-63(49-17-11-9-12-18-49)68-58-24-16-22-56-62(44-42-60(66(56)58)70(68)64(69(59)67)50-19-13-10-14-20-50)72(53-37-29-47(7-3)30-38-53)54-39-31-48(8-4)32-40-54/h9-44H,5-8H2,1-4H3. The molecule has 0 saturated heterocycles. The van der Waals surface area contributed by atoms with Crippen LogP contribution in [0.25, 0.3) is 86.9 Å². The molecule has 0 heterocycles. The Morgan fingerprint density at radius 1 is 0.236 bits per heavy atom. The molecular formula is C70H56N2. The molecule has 2 heteroatoms. The molecule has 0 amide bonds. The van der Waals surface area contributed by atoms with Gasteiger partial charge in [-0.1, -0.05) is 185 Å². The largest absolute Gasteiger partial charge is 0.310 e. The van der Waals surface area contributed by atoms with E-state index in [0.29, 0.717) is 0 Å². The van der Waals surface area contributed by atoms with Gasteiger partial charge in [0.1, 0.15) is 0 Å². The van der Waals surface area contributed by atoms with Crippen LogP contribution in [0.4, 0.5) is 34.1 Å². The first kappa shape index (κ1) is 43.6. The van der Waals surface area contributed by atoms with Gasteiger partial charge in [0.15, 0.2) is 0 Å². The molecule has 0 bridgehead atoms. The van der Waals surface area contributed by atoms with E-state index in [-0.39, 0.29) is 0 Å². The summed E-state index contributed by atoms with van der Waals surface area (Å²) in [6, 6.07) is 82.7. The predicted octanol–water partition coefficient (Wildman–Crippen LogP) is 20.0. The van der Waals surface area contributed by atoms with Crippen molar-refractivity contribution in [2.24, 2.45) is 0 Å². The highest BCUT2D eigenvalue weighted by Gasteiger charge is 2.30. The van der Waals surface area contributed by atoms with Gasteiger partial charge in [-0.25, -0.2) is 0 Å². The van der Waals surface area contributed by atoms with E-state index in [0.717, 1.165) is 48.4 Å². The second-order valence-electron chi connectivity index (χ2n) is 19.5. The van der Waals surface area contributed by atoms with Crippen LogP contribution in [-0.2, 0) is 25.7 Å². The number of rotatable bonds is 12. The van der Waals surface area contributed by atoms with E-state index in [1.54, 1.807) is 0 Å². The molecule has 0 aliphatic carbocycles. The van der Waals surface area contributed by atoms with Crippen LogP contribution < -0.4 is 9.80 Å². The molecule has 13 aromatic rings. The summed E-state index contributed by atoms with van der Waals surface area (Å²) in [4.78, 5) is 4.93. The fourth-order valence-corrected chi connectivity index (χ4v) is 12.0. The van der Waals surface area contributed by atoms with Crippen LogP contribution in [0.2, 0.25) is 0 Å². The summed E-state index contributed by atoms with van der Waals surface area (Å²) in [6.07, 6.45) is 4.01. The lowest BCUT2D eigenvalue weighted by Crippen LogP contribution is -2.10. The first-order valence-corrected chi connectivity index (χ1v) is 26.0. The Morgan fingerprint density at radius 2 is 0.514 bits per heavy atom. The fourth-order valence-electron chi connectivity index (χ4n) is 12.0. The highest BCUT2D eigenvalue weighted by molar-refractivity contribution is 6.47. The predicted molar refractivity (Wildman–Crippen MR) is 312 cm³/mol. The van der Waals surface area contributed by atoms with Crippen molar-refractivity contribution in [3.8, 4) is 22.3 Å². The van der Waals surface area contributed by atoms with Gasteiger partial charge in [0.05, 0.1) is 11.4 Å². The van der Waals surface area contributed by atoms with Crippen molar-refractivity contribution in [3.05, 3.63) is 241 Å². The molecule has 0 aromatic heterocycles. The van der Waals surface area contributed by atoms with Gasteiger partial charge in [-0.2, -0.15) is 0 Å². The Labute approximate surface area is 422 Å². The van der Waals surface area contributed by atoms with Gasteiger partial charge in [-0.05, 0) is 185 Å². The molecule has 0 atom stereocenters. The van der Waals surface area contributed by atoms with Crippen LogP contribution >= 0.6 is 0 Å². The van der Waals surface area contributed by atoms with Crippen molar-refractivity contribution in [1.29, 1.82) is 0 Å². The summed E-state index contributed by atoms with van der Waals surface area (Å²) in [5.74, 6) is 0. The fraction of sp³-hybridized carbons (Fsp3) is 0.114. The highest BCUT2D eigenvalue weighted by Crippen LogP contribution is 2.57. The van der Waals surface area contributed by atoms with E-state index < -0.39 is 0 Å². The third kappa shape index (κ3) is 6.84. The third-order valence-electron chi connectivity index (χ3n) is 15.6. The molecule has 346 valence electrons. The Morgan fingerprint density at radius 3 is 0.806 bits per heavy atom. The van der Waals surface area contributed by atoms with E-state index in [1.807, 2.05) is 0 Å². The highest BCUT2D eigenvalue weighted by atomic mass is 15.1. The lowest BCUT2D eigenvalue weighted by molar-refractivity contribution is 1.13. The van der Waals surface area contributed by atoms with Gasteiger partial charge in [0.25, 0.3) is 0 Å². The van der Waals surface area contributed by atoms with Gasteiger partial charge in [-0.15, -0.1) is 0 Å². The average molecular weight is 925 g/mol. The maximum absolute atomic E-state index is 2.47. The number of fused-ring (bicyclic) bond motifs is 6. The topological polar surface area (TPSA) is 6.48 Å². The van der Waals surface area contributed by atoms with Crippen LogP contribution in [0, 0.1) is 0 Å².